The third kappa shape index (κ3) is 0.619. The fourth-order valence-electron chi connectivity index (χ4n) is 2.85. The van der Waals surface area contributed by atoms with Crippen molar-refractivity contribution in [3.63, 3.8) is 0 Å². The topological polar surface area (TPSA) is 9.72 Å². The van der Waals surface area contributed by atoms with Crippen LogP contribution in [-0.4, -0.2) is 20.0 Å². The second kappa shape index (κ2) is 2.14. The van der Waals surface area contributed by atoms with Crippen molar-refractivity contribution in [3.05, 3.63) is 17.7 Å². The van der Waals surface area contributed by atoms with Crippen LogP contribution in [0.4, 0.5) is 17.1 Å². The molecule has 72 valence electrons. The quantitative estimate of drug-likeness (QED) is 0.696. The van der Waals surface area contributed by atoms with E-state index in [9.17, 15) is 0 Å². The lowest BCUT2D eigenvalue weighted by molar-refractivity contribution is 0.663. The van der Waals surface area contributed by atoms with E-state index in [-0.39, 0.29) is 0 Å². The Kier molecular flexibility index (Phi) is 1.11. The Morgan fingerprint density at radius 2 is 1.71 bits per heavy atom. The van der Waals surface area contributed by atoms with Gasteiger partial charge in [0.2, 0.25) is 0 Å². The summed E-state index contributed by atoms with van der Waals surface area (Å²) < 4.78 is 0. The lowest BCUT2D eigenvalue weighted by Crippen LogP contribution is -2.48. The molecule has 4 aliphatic heterocycles. The minimum atomic E-state index is 0.840. The lowest BCUT2D eigenvalue weighted by atomic mass is 10.1. The summed E-state index contributed by atoms with van der Waals surface area (Å²) in [5, 5.41) is 0. The van der Waals surface area contributed by atoms with Crippen molar-refractivity contribution in [2.24, 2.45) is 0 Å². The van der Waals surface area contributed by atoms with Gasteiger partial charge < -0.3 is 14.7 Å². The summed E-state index contributed by atoms with van der Waals surface area (Å²) in [5.41, 5.74) is 5.67. The molecule has 5 rings (SSSR count). The van der Waals surface area contributed by atoms with E-state index in [2.05, 4.69) is 39.5 Å². The van der Waals surface area contributed by atoms with Gasteiger partial charge in [-0.3, -0.25) is 0 Å². The van der Waals surface area contributed by atoms with Gasteiger partial charge in [-0.15, -0.1) is 0 Å². The van der Waals surface area contributed by atoms with Crippen molar-refractivity contribution in [1.29, 1.82) is 0 Å². The van der Waals surface area contributed by atoms with Crippen LogP contribution in [0.15, 0.2) is 12.1 Å². The van der Waals surface area contributed by atoms with Crippen molar-refractivity contribution in [1.82, 2.24) is 0 Å². The first kappa shape index (κ1) is 7.29. The molecule has 0 aromatic heterocycles. The molecular weight excluding hydrogens is 194 g/mol. The van der Waals surface area contributed by atoms with Crippen LogP contribution < -0.4 is 14.7 Å². The predicted octanol–water partition coefficient (Wildman–Crippen LogP) is 1.45. The SMILES string of the molecule is SCc1ccc2c3c1N1CN2CN3C1. The van der Waals surface area contributed by atoms with Crippen LogP contribution in [0.5, 0.6) is 0 Å². The zero-order valence-electron chi connectivity index (χ0n) is 7.77. The van der Waals surface area contributed by atoms with Gasteiger partial charge in [-0.25, -0.2) is 0 Å². The average molecular weight is 205 g/mol. The van der Waals surface area contributed by atoms with Crippen LogP contribution in [0, 0.1) is 0 Å². The third-order valence-electron chi connectivity index (χ3n) is 3.38. The van der Waals surface area contributed by atoms with E-state index in [1.54, 1.807) is 0 Å². The molecule has 4 aliphatic rings. The minimum absolute atomic E-state index is 0.840. The molecule has 0 saturated carbocycles. The highest BCUT2D eigenvalue weighted by atomic mass is 32.1. The van der Waals surface area contributed by atoms with Crippen molar-refractivity contribution in [3.8, 4) is 0 Å². The first-order chi connectivity index (χ1) is 6.88. The maximum absolute atomic E-state index is 4.39. The molecule has 1 fully saturated rings. The second-order valence-electron chi connectivity index (χ2n) is 4.14. The molecule has 1 aromatic carbocycles. The van der Waals surface area contributed by atoms with E-state index in [0.717, 1.165) is 25.8 Å². The van der Waals surface area contributed by atoms with Crippen molar-refractivity contribution < 1.29 is 0 Å². The van der Waals surface area contributed by atoms with Crippen molar-refractivity contribution >= 4 is 29.7 Å². The first-order valence-corrected chi connectivity index (χ1v) is 5.53. The van der Waals surface area contributed by atoms with Crippen LogP contribution in [0.3, 0.4) is 0 Å². The molecule has 4 heterocycles. The van der Waals surface area contributed by atoms with E-state index in [0.29, 0.717) is 0 Å². The highest BCUT2D eigenvalue weighted by molar-refractivity contribution is 7.79. The summed E-state index contributed by atoms with van der Waals surface area (Å²) in [6, 6.07) is 4.46. The van der Waals surface area contributed by atoms with E-state index >= 15 is 0 Å². The van der Waals surface area contributed by atoms with Crippen LogP contribution in [0.2, 0.25) is 0 Å². The molecule has 1 aromatic rings. The van der Waals surface area contributed by atoms with Gasteiger partial charge in [0.05, 0.1) is 37.1 Å². The van der Waals surface area contributed by atoms with Crippen LogP contribution in [0.1, 0.15) is 5.56 Å². The molecule has 6 bridgehead atoms. The van der Waals surface area contributed by atoms with E-state index < -0.39 is 0 Å². The number of thiol groups is 1. The Morgan fingerprint density at radius 1 is 1.00 bits per heavy atom. The summed E-state index contributed by atoms with van der Waals surface area (Å²) in [4.78, 5) is 7.31. The molecule has 3 nitrogen and oxygen atoms in total. The second-order valence-corrected chi connectivity index (χ2v) is 4.46. The normalized spacial score (nSPS) is 20.2. The van der Waals surface area contributed by atoms with Crippen molar-refractivity contribution in [2.75, 3.05) is 34.7 Å². The lowest BCUT2D eigenvalue weighted by Gasteiger charge is -2.35. The van der Waals surface area contributed by atoms with Crippen molar-refractivity contribution in [2.45, 2.75) is 5.75 Å². The maximum Gasteiger partial charge on any atom is 0.0940 e. The predicted molar refractivity (Wildman–Crippen MR) is 61.2 cm³/mol. The fourth-order valence-corrected chi connectivity index (χ4v) is 3.10. The largest absolute Gasteiger partial charge is 0.334 e. The van der Waals surface area contributed by atoms with Gasteiger partial charge in [0.1, 0.15) is 0 Å². The van der Waals surface area contributed by atoms with E-state index in [1.165, 1.54) is 22.6 Å². The summed E-state index contributed by atoms with van der Waals surface area (Å²) in [5.74, 6) is 0.840. The Balaban J connectivity index is 2.08. The summed E-state index contributed by atoms with van der Waals surface area (Å²) in [7, 11) is 0. The Hall–Kier alpha value is -1.03. The van der Waals surface area contributed by atoms with Gasteiger partial charge in [0.25, 0.3) is 0 Å². The highest BCUT2D eigenvalue weighted by Gasteiger charge is 2.43. The van der Waals surface area contributed by atoms with Crippen LogP contribution >= 0.6 is 12.6 Å². The van der Waals surface area contributed by atoms with Gasteiger partial charge in [-0.2, -0.15) is 12.6 Å². The smallest absolute Gasteiger partial charge is 0.0940 e. The molecule has 4 heteroatoms. The zero-order valence-corrected chi connectivity index (χ0v) is 8.67. The van der Waals surface area contributed by atoms with E-state index in [4.69, 9.17) is 0 Å². The number of rotatable bonds is 1. The van der Waals surface area contributed by atoms with Gasteiger partial charge >= 0.3 is 0 Å². The number of benzene rings is 1. The number of nitrogens with zero attached hydrogens (tertiary/aromatic N) is 3. The average Bonchev–Trinajstić information content (AvgIpc) is 2.63. The van der Waals surface area contributed by atoms with Gasteiger partial charge in [-0.05, 0) is 11.6 Å². The molecular formula is C10H11N3S. The minimum Gasteiger partial charge on any atom is -0.334 e. The van der Waals surface area contributed by atoms with E-state index in [1.807, 2.05) is 0 Å². The Morgan fingerprint density at radius 3 is 2.50 bits per heavy atom. The number of hydrogen-bond donors (Lipinski definition) is 1. The highest BCUT2D eigenvalue weighted by Crippen LogP contribution is 2.53. The molecule has 1 saturated heterocycles. The Bertz CT molecular complexity index is 432. The maximum atomic E-state index is 4.39. The monoisotopic (exact) mass is 205 g/mol. The van der Waals surface area contributed by atoms with Crippen LogP contribution in [0.25, 0.3) is 0 Å². The molecule has 0 radical (unpaired) electrons. The molecule has 0 spiro atoms. The summed E-state index contributed by atoms with van der Waals surface area (Å²) in [6.45, 7) is 3.21. The molecule has 0 unspecified atom stereocenters. The van der Waals surface area contributed by atoms with Gasteiger partial charge in [0, 0.05) is 5.75 Å². The zero-order chi connectivity index (χ0) is 9.28. The number of anilines is 3. The molecule has 0 aliphatic carbocycles. The van der Waals surface area contributed by atoms with Crippen LogP contribution in [-0.2, 0) is 5.75 Å². The Labute approximate surface area is 88.3 Å². The summed E-state index contributed by atoms with van der Waals surface area (Å²) in [6.07, 6.45) is 0. The standard InChI is InChI=1S/C10H11N3S/c14-3-7-1-2-8-10-9(7)12-4-11(8)5-13(10)6-12/h1-2,14H,3-6H2. The number of hydrogen-bond acceptors (Lipinski definition) is 4. The first-order valence-electron chi connectivity index (χ1n) is 4.90. The summed E-state index contributed by atoms with van der Waals surface area (Å²) >= 11 is 4.39. The molecule has 0 amide bonds. The van der Waals surface area contributed by atoms with Gasteiger partial charge in [-0.1, -0.05) is 6.07 Å². The van der Waals surface area contributed by atoms with Gasteiger partial charge in [0.15, 0.2) is 0 Å². The third-order valence-corrected chi connectivity index (χ3v) is 3.72. The fraction of sp³-hybridized carbons (Fsp3) is 0.400. The molecule has 0 N–H and O–H groups in total. The molecule has 0 atom stereocenters. The molecule has 14 heavy (non-hydrogen) atoms.